The molecule has 0 saturated heterocycles. The number of aryl methyl sites for hydroxylation is 1. The molecule has 2 rings (SSSR count). The van der Waals surface area contributed by atoms with E-state index in [2.05, 4.69) is 0 Å². The molecule has 2 aromatic carbocycles. The smallest absolute Gasteiger partial charge is 0.141 e. The molecule has 2 aromatic rings. The summed E-state index contributed by atoms with van der Waals surface area (Å²) in [5.41, 5.74) is 2.56. The molecule has 1 atom stereocenters. The molecule has 4 heteroatoms. The Morgan fingerprint density at radius 1 is 1.25 bits per heavy atom. The van der Waals surface area contributed by atoms with Gasteiger partial charge in [-0.3, -0.25) is 0 Å². The average Bonchev–Trinajstić information content (AvgIpc) is 2.41. The second kappa shape index (κ2) is 6.25. The molecule has 1 N–H and O–H groups in total. The van der Waals surface area contributed by atoms with Gasteiger partial charge in [0.2, 0.25) is 0 Å². The molecule has 0 saturated carbocycles. The highest BCUT2D eigenvalue weighted by atomic mass is 35.5. The van der Waals surface area contributed by atoms with E-state index in [-0.39, 0.29) is 11.6 Å². The van der Waals surface area contributed by atoms with Crippen LogP contribution in [0.1, 0.15) is 29.7 Å². The van der Waals surface area contributed by atoms with Gasteiger partial charge in [0.15, 0.2) is 0 Å². The molecule has 106 valence electrons. The van der Waals surface area contributed by atoms with Crippen molar-refractivity contribution < 1.29 is 14.2 Å². The van der Waals surface area contributed by atoms with Crippen LogP contribution in [0.3, 0.4) is 0 Å². The van der Waals surface area contributed by atoms with E-state index >= 15 is 0 Å². The van der Waals surface area contributed by atoms with E-state index in [4.69, 9.17) is 16.3 Å². The van der Waals surface area contributed by atoms with E-state index in [1.165, 1.54) is 12.1 Å². The number of rotatable bonds is 4. The lowest BCUT2D eigenvalue weighted by Crippen LogP contribution is -2.01. The first kappa shape index (κ1) is 14.8. The van der Waals surface area contributed by atoms with Crippen molar-refractivity contribution in [2.24, 2.45) is 0 Å². The highest BCUT2D eigenvalue weighted by Gasteiger charge is 2.10. The molecule has 0 heterocycles. The van der Waals surface area contributed by atoms with Gasteiger partial charge < -0.3 is 9.84 Å². The van der Waals surface area contributed by atoms with Gasteiger partial charge in [0, 0.05) is 5.56 Å². The molecular weight excluding hydrogens is 279 g/mol. The first-order valence-electron chi connectivity index (χ1n) is 6.32. The summed E-state index contributed by atoms with van der Waals surface area (Å²) in [4.78, 5) is 0. The summed E-state index contributed by atoms with van der Waals surface area (Å²) in [6, 6.07) is 10.1. The molecule has 0 radical (unpaired) electrons. The second-order valence-corrected chi connectivity index (χ2v) is 5.16. The van der Waals surface area contributed by atoms with E-state index in [9.17, 15) is 9.50 Å². The van der Waals surface area contributed by atoms with Crippen molar-refractivity contribution >= 4 is 11.6 Å². The zero-order valence-corrected chi connectivity index (χ0v) is 12.1. The van der Waals surface area contributed by atoms with Crippen molar-refractivity contribution in [3.8, 4) is 5.75 Å². The largest absolute Gasteiger partial charge is 0.489 e. The predicted molar refractivity (Wildman–Crippen MR) is 77.6 cm³/mol. The summed E-state index contributed by atoms with van der Waals surface area (Å²) in [6.45, 7) is 3.91. The van der Waals surface area contributed by atoms with Crippen molar-refractivity contribution in [1.29, 1.82) is 0 Å². The third-order valence-corrected chi connectivity index (χ3v) is 3.28. The maximum atomic E-state index is 13.1. The summed E-state index contributed by atoms with van der Waals surface area (Å²) in [6.07, 6.45) is -0.610. The van der Waals surface area contributed by atoms with Crippen LogP contribution in [0, 0.1) is 12.7 Å². The lowest BCUT2D eigenvalue weighted by atomic mass is 10.1. The lowest BCUT2D eigenvalue weighted by Gasteiger charge is -2.14. The standard InChI is InChI=1S/C16H16ClFO2/c1-10-3-6-16(13(7-10)11(2)19)20-9-12-4-5-15(18)14(17)8-12/h3-8,11,19H,9H2,1-2H3/t11-/m1/s1. The molecule has 0 aromatic heterocycles. The Kier molecular flexibility index (Phi) is 4.63. The van der Waals surface area contributed by atoms with Gasteiger partial charge in [0.1, 0.15) is 18.2 Å². The van der Waals surface area contributed by atoms with Crippen LogP contribution in [0.2, 0.25) is 5.02 Å². The van der Waals surface area contributed by atoms with Crippen LogP contribution in [0.25, 0.3) is 0 Å². The normalized spacial score (nSPS) is 12.2. The molecule has 0 aliphatic rings. The fraction of sp³-hybridized carbons (Fsp3) is 0.250. The number of hydrogen-bond donors (Lipinski definition) is 1. The molecule has 0 bridgehead atoms. The molecule has 0 fully saturated rings. The van der Waals surface area contributed by atoms with Crippen LogP contribution in [0.4, 0.5) is 4.39 Å². The van der Waals surface area contributed by atoms with E-state index in [0.29, 0.717) is 5.75 Å². The summed E-state index contributed by atoms with van der Waals surface area (Å²) in [5.74, 6) is 0.168. The number of aliphatic hydroxyl groups is 1. The molecule has 0 aliphatic heterocycles. The van der Waals surface area contributed by atoms with Gasteiger partial charge in [-0.25, -0.2) is 4.39 Å². The minimum atomic E-state index is -0.610. The third-order valence-electron chi connectivity index (χ3n) is 2.99. The number of halogens is 2. The fourth-order valence-electron chi connectivity index (χ4n) is 1.92. The van der Waals surface area contributed by atoms with Gasteiger partial charge in [-0.05, 0) is 43.7 Å². The molecule has 0 aliphatic carbocycles. The lowest BCUT2D eigenvalue weighted by molar-refractivity contribution is 0.190. The number of ether oxygens (including phenoxy) is 1. The SMILES string of the molecule is Cc1ccc(OCc2ccc(F)c(Cl)c2)c([C@@H](C)O)c1. The Bertz CT molecular complexity index is 611. The number of benzene rings is 2. The first-order chi connectivity index (χ1) is 9.47. The number of hydrogen-bond acceptors (Lipinski definition) is 2. The van der Waals surface area contributed by atoms with Crippen molar-refractivity contribution in [1.82, 2.24) is 0 Å². The molecular formula is C16H16ClFO2. The van der Waals surface area contributed by atoms with Crippen molar-refractivity contribution in [2.75, 3.05) is 0 Å². The van der Waals surface area contributed by atoms with Crippen LogP contribution < -0.4 is 4.74 Å². The molecule has 0 amide bonds. The van der Waals surface area contributed by atoms with Gasteiger partial charge in [-0.15, -0.1) is 0 Å². The fourth-order valence-corrected chi connectivity index (χ4v) is 2.12. The summed E-state index contributed by atoms with van der Waals surface area (Å²) in [7, 11) is 0. The average molecular weight is 295 g/mol. The Morgan fingerprint density at radius 3 is 2.65 bits per heavy atom. The van der Waals surface area contributed by atoms with Crippen LogP contribution in [0.15, 0.2) is 36.4 Å². The van der Waals surface area contributed by atoms with Crippen LogP contribution in [0.5, 0.6) is 5.75 Å². The van der Waals surface area contributed by atoms with Gasteiger partial charge in [0.25, 0.3) is 0 Å². The first-order valence-corrected chi connectivity index (χ1v) is 6.70. The second-order valence-electron chi connectivity index (χ2n) is 4.75. The molecule has 0 spiro atoms. The van der Waals surface area contributed by atoms with Gasteiger partial charge >= 0.3 is 0 Å². The highest BCUT2D eigenvalue weighted by Crippen LogP contribution is 2.27. The molecule has 0 unspecified atom stereocenters. The number of aliphatic hydroxyl groups excluding tert-OH is 1. The quantitative estimate of drug-likeness (QED) is 0.904. The van der Waals surface area contributed by atoms with Gasteiger partial charge in [-0.1, -0.05) is 29.3 Å². The van der Waals surface area contributed by atoms with E-state index in [0.717, 1.165) is 16.7 Å². The van der Waals surface area contributed by atoms with Crippen molar-refractivity contribution in [3.05, 3.63) is 63.9 Å². The topological polar surface area (TPSA) is 29.5 Å². The van der Waals surface area contributed by atoms with E-state index < -0.39 is 11.9 Å². The zero-order chi connectivity index (χ0) is 14.7. The molecule has 20 heavy (non-hydrogen) atoms. The summed E-state index contributed by atoms with van der Waals surface area (Å²) >= 11 is 5.73. The minimum absolute atomic E-state index is 0.0748. The summed E-state index contributed by atoms with van der Waals surface area (Å²) < 4.78 is 18.8. The summed E-state index contributed by atoms with van der Waals surface area (Å²) in [5, 5.41) is 9.83. The van der Waals surface area contributed by atoms with Crippen molar-refractivity contribution in [3.63, 3.8) is 0 Å². The monoisotopic (exact) mass is 294 g/mol. The predicted octanol–water partition coefficient (Wildman–Crippen LogP) is 4.42. The Hall–Kier alpha value is -1.58. The Labute approximate surface area is 122 Å². The zero-order valence-electron chi connectivity index (χ0n) is 11.4. The Balaban J connectivity index is 2.16. The Morgan fingerprint density at radius 2 is 2.00 bits per heavy atom. The van der Waals surface area contributed by atoms with Gasteiger partial charge in [0.05, 0.1) is 11.1 Å². The minimum Gasteiger partial charge on any atom is -0.489 e. The maximum absolute atomic E-state index is 13.1. The van der Waals surface area contributed by atoms with Gasteiger partial charge in [-0.2, -0.15) is 0 Å². The van der Waals surface area contributed by atoms with Crippen LogP contribution in [-0.2, 0) is 6.61 Å². The molecule has 2 nitrogen and oxygen atoms in total. The van der Waals surface area contributed by atoms with Crippen molar-refractivity contribution in [2.45, 2.75) is 26.6 Å². The highest BCUT2D eigenvalue weighted by molar-refractivity contribution is 6.30. The van der Waals surface area contributed by atoms with Crippen LogP contribution in [-0.4, -0.2) is 5.11 Å². The third kappa shape index (κ3) is 3.50. The van der Waals surface area contributed by atoms with Crippen LogP contribution >= 0.6 is 11.6 Å². The maximum Gasteiger partial charge on any atom is 0.141 e. The van der Waals surface area contributed by atoms with E-state index in [1.807, 2.05) is 25.1 Å². The van der Waals surface area contributed by atoms with E-state index in [1.54, 1.807) is 13.0 Å².